The third-order valence-electron chi connectivity index (χ3n) is 3.38. The lowest BCUT2D eigenvalue weighted by atomic mass is 10.2. The van der Waals surface area contributed by atoms with E-state index in [1.54, 1.807) is 0 Å². The third kappa shape index (κ3) is 3.86. The molecule has 24 heavy (non-hydrogen) atoms. The highest BCUT2D eigenvalue weighted by Crippen LogP contribution is 2.19. The molecule has 4 N–H and O–H groups in total. The molecule has 0 aliphatic rings. The summed E-state index contributed by atoms with van der Waals surface area (Å²) in [4.78, 5) is 20.1. The molecule has 0 aliphatic carbocycles. The predicted molar refractivity (Wildman–Crippen MR) is 94.0 cm³/mol. The Morgan fingerprint density at radius 2 is 1.67 bits per heavy atom. The van der Waals surface area contributed by atoms with Crippen molar-refractivity contribution in [2.24, 2.45) is 5.73 Å². The van der Waals surface area contributed by atoms with Gasteiger partial charge in [0, 0.05) is 18.4 Å². The van der Waals surface area contributed by atoms with Gasteiger partial charge < -0.3 is 16.4 Å². The summed E-state index contributed by atoms with van der Waals surface area (Å²) in [6, 6.07) is 19.4. The first-order valence-corrected chi connectivity index (χ1v) is 7.49. The maximum absolute atomic E-state index is 11.6. The van der Waals surface area contributed by atoms with Crippen molar-refractivity contribution in [2.75, 3.05) is 10.6 Å². The number of nitrogens with two attached hydrogens (primary N) is 1. The summed E-state index contributed by atoms with van der Waals surface area (Å²) in [6.45, 7) is 0.585. The number of amides is 1. The van der Waals surface area contributed by atoms with Gasteiger partial charge in [-0.1, -0.05) is 48.5 Å². The first-order chi connectivity index (χ1) is 11.7. The van der Waals surface area contributed by atoms with Crippen LogP contribution in [0.15, 0.2) is 66.9 Å². The SMILES string of the molecule is NC(=O)c1cnc(NCc2ccccc2)nc1Nc1ccccc1. The van der Waals surface area contributed by atoms with Crippen molar-refractivity contribution in [2.45, 2.75) is 6.54 Å². The van der Waals surface area contributed by atoms with Gasteiger partial charge >= 0.3 is 0 Å². The van der Waals surface area contributed by atoms with Crippen LogP contribution in [0.2, 0.25) is 0 Å². The molecule has 1 heterocycles. The maximum atomic E-state index is 11.6. The number of carbonyl (C=O) groups is 1. The van der Waals surface area contributed by atoms with Crippen molar-refractivity contribution in [3.63, 3.8) is 0 Å². The number of hydrogen-bond acceptors (Lipinski definition) is 5. The Kier molecular flexibility index (Phi) is 4.67. The molecule has 6 nitrogen and oxygen atoms in total. The van der Waals surface area contributed by atoms with Gasteiger partial charge in [0.05, 0.1) is 0 Å². The predicted octanol–water partition coefficient (Wildman–Crippen LogP) is 2.93. The number of primary amides is 1. The Balaban J connectivity index is 1.81. The Hall–Kier alpha value is -3.41. The molecule has 0 saturated heterocycles. The molecule has 0 radical (unpaired) electrons. The van der Waals surface area contributed by atoms with Crippen molar-refractivity contribution < 1.29 is 4.79 Å². The Morgan fingerprint density at radius 3 is 2.33 bits per heavy atom. The zero-order chi connectivity index (χ0) is 16.8. The molecular formula is C18H17N5O. The molecule has 0 saturated carbocycles. The van der Waals surface area contributed by atoms with Crippen molar-refractivity contribution >= 4 is 23.4 Å². The number of nitrogens with one attached hydrogen (secondary N) is 2. The minimum atomic E-state index is -0.581. The fraction of sp³-hybridized carbons (Fsp3) is 0.0556. The van der Waals surface area contributed by atoms with E-state index >= 15 is 0 Å². The lowest BCUT2D eigenvalue weighted by Gasteiger charge is -2.11. The first-order valence-electron chi connectivity index (χ1n) is 7.49. The molecule has 1 amide bonds. The summed E-state index contributed by atoms with van der Waals surface area (Å²) in [7, 11) is 0. The molecule has 2 aromatic carbocycles. The van der Waals surface area contributed by atoms with Crippen LogP contribution in [0.4, 0.5) is 17.5 Å². The van der Waals surface area contributed by atoms with Crippen LogP contribution >= 0.6 is 0 Å². The number of rotatable bonds is 6. The quantitative estimate of drug-likeness (QED) is 0.649. The molecule has 3 rings (SSSR count). The van der Waals surface area contributed by atoms with E-state index in [-0.39, 0.29) is 5.56 Å². The summed E-state index contributed by atoms with van der Waals surface area (Å²) in [5.41, 5.74) is 7.57. The molecule has 0 bridgehead atoms. The van der Waals surface area contributed by atoms with Gasteiger partial charge in [0.15, 0.2) is 0 Å². The number of aromatic nitrogens is 2. The molecule has 0 atom stereocenters. The zero-order valence-electron chi connectivity index (χ0n) is 12.9. The van der Waals surface area contributed by atoms with Crippen molar-refractivity contribution in [1.82, 2.24) is 9.97 Å². The second kappa shape index (κ2) is 7.23. The third-order valence-corrected chi connectivity index (χ3v) is 3.38. The summed E-state index contributed by atoms with van der Waals surface area (Å²) in [5, 5.41) is 6.24. The maximum Gasteiger partial charge on any atom is 0.254 e. The second-order valence-electron chi connectivity index (χ2n) is 5.15. The highest BCUT2D eigenvalue weighted by molar-refractivity contribution is 5.98. The average Bonchev–Trinajstić information content (AvgIpc) is 2.62. The van der Waals surface area contributed by atoms with E-state index in [0.717, 1.165) is 11.3 Å². The van der Waals surface area contributed by atoms with E-state index in [1.807, 2.05) is 60.7 Å². The van der Waals surface area contributed by atoms with Gasteiger partial charge in [-0.2, -0.15) is 4.98 Å². The monoisotopic (exact) mass is 319 g/mol. The van der Waals surface area contributed by atoms with E-state index in [4.69, 9.17) is 5.73 Å². The summed E-state index contributed by atoms with van der Waals surface area (Å²) < 4.78 is 0. The van der Waals surface area contributed by atoms with Gasteiger partial charge in [0.1, 0.15) is 11.4 Å². The van der Waals surface area contributed by atoms with Crippen LogP contribution in [-0.2, 0) is 6.54 Å². The van der Waals surface area contributed by atoms with Crippen LogP contribution < -0.4 is 16.4 Å². The first kappa shape index (κ1) is 15.5. The number of carbonyl (C=O) groups excluding carboxylic acids is 1. The topological polar surface area (TPSA) is 92.9 Å². The fourth-order valence-electron chi connectivity index (χ4n) is 2.18. The van der Waals surface area contributed by atoms with E-state index in [2.05, 4.69) is 20.6 Å². The molecule has 120 valence electrons. The Morgan fingerprint density at radius 1 is 1.00 bits per heavy atom. The zero-order valence-corrected chi connectivity index (χ0v) is 12.9. The summed E-state index contributed by atoms with van der Waals surface area (Å²) >= 11 is 0. The molecule has 1 aromatic heterocycles. The lowest BCUT2D eigenvalue weighted by molar-refractivity contribution is 0.100. The molecule has 0 unspecified atom stereocenters. The van der Waals surface area contributed by atoms with Crippen LogP contribution in [-0.4, -0.2) is 15.9 Å². The van der Waals surface area contributed by atoms with Crippen LogP contribution in [0.1, 0.15) is 15.9 Å². The Labute approximate surface area is 139 Å². The van der Waals surface area contributed by atoms with Crippen molar-refractivity contribution in [3.05, 3.63) is 78.0 Å². The van der Waals surface area contributed by atoms with Crippen LogP contribution in [0, 0.1) is 0 Å². The molecule has 6 heteroatoms. The lowest BCUT2D eigenvalue weighted by Crippen LogP contribution is -2.16. The van der Waals surface area contributed by atoms with Gasteiger partial charge in [-0.15, -0.1) is 0 Å². The molecule has 0 spiro atoms. The molecule has 3 aromatic rings. The van der Waals surface area contributed by atoms with E-state index in [1.165, 1.54) is 6.20 Å². The van der Waals surface area contributed by atoms with Crippen LogP contribution in [0.5, 0.6) is 0 Å². The summed E-state index contributed by atoms with van der Waals surface area (Å²) in [6.07, 6.45) is 1.42. The van der Waals surface area contributed by atoms with Crippen LogP contribution in [0.3, 0.4) is 0 Å². The standard InChI is InChI=1S/C18H17N5O/c19-16(24)15-12-21-18(20-11-13-7-3-1-4-8-13)23-17(15)22-14-9-5-2-6-10-14/h1-10,12H,11H2,(H2,19,24)(H2,20,21,22,23). The number of anilines is 3. The minimum Gasteiger partial charge on any atom is -0.365 e. The van der Waals surface area contributed by atoms with E-state index in [9.17, 15) is 4.79 Å². The van der Waals surface area contributed by atoms with Crippen LogP contribution in [0.25, 0.3) is 0 Å². The second-order valence-corrected chi connectivity index (χ2v) is 5.15. The highest BCUT2D eigenvalue weighted by atomic mass is 16.1. The summed E-state index contributed by atoms with van der Waals surface area (Å²) in [5.74, 6) is 0.213. The van der Waals surface area contributed by atoms with Gasteiger partial charge in [-0.05, 0) is 17.7 Å². The molecular weight excluding hydrogens is 302 g/mol. The average molecular weight is 319 g/mol. The molecule has 0 aliphatic heterocycles. The van der Waals surface area contributed by atoms with Gasteiger partial charge in [0.25, 0.3) is 5.91 Å². The largest absolute Gasteiger partial charge is 0.365 e. The number of para-hydroxylation sites is 1. The highest BCUT2D eigenvalue weighted by Gasteiger charge is 2.12. The van der Waals surface area contributed by atoms with Crippen molar-refractivity contribution in [3.8, 4) is 0 Å². The van der Waals surface area contributed by atoms with Gasteiger partial charge in [-0.3, -0.25) is 4.79 Å². The fourth-order valence-corrected chi connectivity index (χ4v) is 2.18. The minimum absolute atomic E-state index is 0.240. The number of benzene rings is 2. The van der Waals surface area contributed by atoms with Gasteiger partial charge in [0.2, 0.25) is 5.95 Å². The molecule has 0 fully saturated rings. The number of hydrogen-bond donors (Lipinski definition) is 3. The van der Waals surface area contributed by atoms with Crippen molar-refractivity contribution in [1.29, 1.82) is 0 Å². The van der Waals surface area contributed by atoms with Gasteiger partial charge in [-0.25, -0.2) is 4.98 Å². The normalized spacial score (nSPS) is 10.2. The Bertz CT molecular complexity index is 821. The number of nitrogens with zero attached hydrogens (tertiary/aromatic N) is 2. The van der Waals surface area contributed by atoms with E-state index in [0.29, 0.717) is 18.3 Å². The smallest absolute Gasteiger partial charge is 0.254 e. The van der Waals surface area contributed by atoms with E-state index < -0.39 is 5.91 Å².